The first-order chi connectivity index (χ1) is 14.1. The van der Waals surface area contributed by atoms with Crippen LogP contribution in [0, 0.1) is 6.92 Å². The molecule has 2 aliphatic rings. The molecule has 5 nitrogen and oxygen atoms in total. The Kier molecular flexibility index (Phi) is 6.14. The summed E-state index contributed by atoms with van der Waals surface area (Å²) < 4.78 is 5.38. The van der Waals surface area contributed by atoms with Crippen molar-refractivity contribution < 1.29 is 9.53 Å². The van der Waals surface area contributed by atoms with Gasteiger partial charge in [-0.15, -0.1) is 0 Å². The van der Waals surface area contributed by atoms with Crippen LogP contribution in [0.25, 0.3) is 11.1 Å². The van der Waals surface area contributed by atoms with E-state index in [9.17, 15) is 4.79 Å². The minimum Gasteiger partial charge on any atom is -0.497 e. The van der Waals surface area contributed by atoms with Crippen molar-refractivity contribution in [2.75, 3.05) is 39.8 Å². The number of hydrogen-bond donors (Lipinski definition) is 0. The van der Waals surface area contributed by atoms with E-state index in [1.54, 1.807) is 7.11 Å². The fourth-order valence-corrected chi connectivity index (χ4v) is 4.55. The number of pyridine rings is 1. The molecule has 29 heavy (non-hydrogen) atoms. The van der Waals surface area contributed by atoms with E-state index in [0.29, 0.717) is 12.5 Å². The SMILES string of the molecule is COc1cccc(-c2cc(C)nc([C@H]3CCCN(C(=O)CN4CCCC4)C3)c2)c1. The second-order valence-corrected chi connectivity index (χ2v) is 8.32. The molecule has 154 valence electrons. The molecule has 1 atom stereocenters. The van der Waals surface area contributed by atoms with Gasteiger partial charge in [-0.25, -0.2) is 0 Å². The molecule has 1 aromatic carbocycles. The number of nitrogens with zero attached hydrogens (tertiary/aromatic N) is 3. The van der Waals surface area contributed by atoms with E-state index in [2.05, 4.69) is 34.1 Å². The number of aryl methyl sites for hydroxylation is 1. The van der Waals surface area contributed by atoms with E-state index in [-0.39, 0.29) is 5.91 Å². The van der Waals surface area contributed by atoms with Crippen LogP contribution in [0.5, 0.6) is 5.75 Å². The van der Waals surface area contributed by atoms with Crippen molar-refractivity contribution in [1.29, 1.82) is 0 Å². The van der Waals surface area contributed by atoms with Gasteiger partial charge in [-0.2, -0.15) is 0 Å². The first kappa shape index (κ1) is 19.9. The summed E-state index contributed by atoms with van der Waals surface area (Å²) in [6.07, 6.45) is 4.56. The highest BCUT2D eigenvalue weighted by Gasteiger charge is 2.27. The van der Waals surface area contributed by atoms with Gasteiger partial charge in [-0.1, -0.05) is 12.1 Å². The van der Waals surface area contributed by atoms with E-state index >= 15 is 0 Å². The summed E-state index contributed by atoms with van der Waals surface area (Å²) in [6, 6.07) is 12.5. The second kappa shape index (κ2) is 8.95. The van der Waals surface area contributed by atoms with Gasteiger partial charge in [0.25, 0.3) is 0 Å². The van der Waals surface area contributed by atoms with Gasteiger partial charge in [0, 0.05) is 30.4 Å². The topological polar surface area (TPSA) is 45.7 Å². The Balaban J connectivity index is 1.51. The lowest BCUT2D eigenvalue weighted by atomic mass is 9.92. The van der Waals surface area contributed by atoms with Crippen molar-refractivity contribution in [3.8, 4) is 16.9 Å². The molecule has 2 aliphatic heterocycles. The van der Waals surface area contributed by atoms with Crippen LogP contribution in [-0.2, 0) is 4.79 Å². The van der Waals surface area contributed by atoms with Gasteiger partial charge in [0.15, 0.2) is 0 Å². The maximum Gasteiger partial charge on any atom is 0.236 e. The third-order valence-corrected chi connectivity index (χ3v) is 6.13. The molecule has 3 heterocycles. The van der Waals surface area contributed by atoms with Crippen molar-refractivity contribution >= 4 is 5.91 Å². The minimum atomic E-state index is 0.275. The fourth-order valence-electron chi connectivity index (χ4n) is 4.55. The molecule has 0 radical (unpaired) electrons. The molecule has 0 spiro atoms. The molecule has 0 bridgehead atoms. The van der Waals surface area contributed by atoms with Gasteiger partial charge in [-0.05, 0) is 81.1 Å². The van der Waals surface area contributed by atoms with Gasteiger partial charge < -0.3 is 9.64 Å². The van der Waals surface area contributed by atoms with Gasteiger partial charge >= 0.3 is 0 Å². The molecule has 2 aromatic rings. The molecule has 1 amide bonds. The Morgan fingerprint density at radius 1 is 1.10 bits per heavy atom. The van der Waals surface area contributed by atoms with E-state index in [0.717, 1.165) is 67.3 Å². The first-order valence-corrected chi connectivity index (χ1v) is 10.8. The number of hydrogen-bond acceptors (Lipinski definition) is 4. The Morgan fingerprint density at radius 3 is 2.72 bits per heavy atom. The Labute approximate surface area is 173 Å². The highest BCUT2D eigenvalue weighted by atomic mass is 16.5. The number of likely N-dealkylation sites (tertiary alicyclic amines) is 2. The average molecular weight is 394 g/mol. The molecule has 1 aromatic heterocycles. The average Bonchev–Trinajstić information content (AvgIpc) is 3.26. The van der Waals surface area contributed by atoms with E-state index in [1.807, 2.05) is 19.1 Å². The van der Waals surface area contributed by atoms with Crippen LogP contribution in [0.1, 0.15) is 43.0 Å². The largest absolute Gasteiger partial charge is 0.497 e. The molecule has 0 unspecified atom stereocenters. The maximum absolute atomic E-state index is 12.8. The number of benzene rings is 1. The van der Waals surface area contributed by atoms with Gasteiger partial charge in [0.1, 0.15) is 5.75 Å². The van der Waals surface area contributed by atoms with E-state index in [4.69, 9.17) is 9.72 Å². The number of ether oxygens (including phenoxy) is 1. The number of piperidine rings is 1. The molecule has 5 heteroatoms. The highest BCUT2D eigenvalue weighted by Crippen LogP contribution is 2.31. The summed E-state index contributed by atoms with van der Waals surface area (Å²) in [5.41, 5.74) is 4.41. The maximum atomic E-state index is 12.8. The predicted molar refractivity (Wildman–Crippen MR) is 115 cm³/mol. The molecule has 2 saturated heterocycles. The van der Waals surface area contributed by atoms with Crippen molar-refractivity contribution in [3.63, 3.8) is 0 Å². The summed E-state index contributed by atoms with van der Waals surface area (Å²) in [5, 5.41) is 0. The number of carbonyl (C=O) groups excluding carboxylic acids is 1. The summed E-state index contributed by atoms with van der Waals surface area (Å²) in [7, 11) is 1.69. The smallest absolute Gasteiger partial charge is 0.236 e. The molecule has 0 saturated carbocycles. The zero-order valence-electron chi connectivity index (χ0n) is 17.6. The number of rotatable bonds is 5. The highest BCUT2D eigenvalue weighted by molar-refractivity contribution is 5.78. The normalized spacial score (nSPS) is 20.1. The Bertz CT molecular complexity index is 861. The third kappa shape index (κ3) is 4.78. The molecule has 4 rings (SSSR count). The third-order valence-electron chi connectivity index (χ3n) is 6.13. The van der Waals surface area contributed by atoms with Gasteiger partial charge in [0.2, 0.25) is 5.91 Å². The molecular formula is C24H31N3O2. The monoisotopic (exact) mass is 393 g/mol. The van der Waals surface area contributed by atoms with Crippen LogP contribution in [0.15, 0.2) is 36.4 Å². The number of methoxy groups -OCH3 is 1. The van der Waals surface area contributed by atoms with Crippen LogP contribution in [0.3, 0.4) is 0 Å². The minimum absolute atomic E-state index is 0.275. The zero-order chi connectivity index (χ0) is 20.2. The molecule has 2 fully saturated rings. The van der Waals surface area contributed by atoms with E-state index in [1.165, 1.54) is 12.8 Å². The number of carbonyl (C=O) groups is 1. The summed E-state index contributed by atoms with van der Waals surface area (Å²) in [4.78, 5) is 22.0. The zero-order valence-corrected chi connectivity index (χ0v) is 17.6. The second-order valence-electron chi connectivity index (χ2n) is 8.32. The number of aromatic nitrogens is 1. The fraction of sp³-hybridized carbons (Fsp3) is 0.500. The Morgan fingerprint density at radius 2 is 1.93 bits per heavy atom. The molecule has 0 N–H and O–H groups in total. The van der Waals surface area contributed by atoms with Crippen molar-refractivity contribution in [3.05, 3.63) is 47.8 Å². The quantitative estimate of drug-likeness (QED) is 0.774. The Hall–Kier alpha value is -2.40. The lowest BCUT2D eigenvalue weighted by Crippen LogP contribution is -2.44. The number of amides is 1. The van der Waals surface area contributed by atoms with Crippen molar-refractivity contribution in [2.24, 2.45) is 0 Å². The lowest BCUT2D eigenvalue weighted by molar-refractivity contribution is -0.133. The van der Waals surface area contributed by atoms with E-state index < -0.39 is 0 Å². The van der Waals surface area contributed by atoms with Crippen LogP contribution in [0.4, 0.5) is 0 Å². The van der Waals surface area contributed by atoms with Gasteiger partial charge in [-0.3, -0.25) is 14.7 Å². The summed E-state index contributed by atoms with van der Waals surface area (Å²) in [6.45, 7) is 6.40. The standard InChI is InChI=1S/C24H31N3O2/c1-18-13-21(19-7-5-9-22(14-19)29-2)15-23(25-18)20-8-6-12-27(16-20)24(28)17-26-10-3-4-11-26/h5,7,9,13-15,20H,3-4,6,8,10-12,16-17H2,1-2H3/t20-/m0/s1. The van der Waals surface area contributed by atoms with Crippen molar-refractivity contribution in [1.82, 2.24) is 14.8 Å². The molecular weight excluding hydrogens is 362 g/mol. The molecule has 0 aliphatic carbocycles. The summed E-state index contributed by atoms with van der Waals surface area (Å²) >= 11 is 0. The summed E-state index contributed by atoms with van der Waals surface area (Å²) in [5.74, 6) is 1.43. The first-order valence-electron chi connectivity index (χ1n) is 10.8. The van der Waals surface area contributed by atoms with Crippen LogP contribution in [0.2, 0.25) is 0 Å². The van der Waals surface area contributed by atoms with Crippen LogP contribution < -0.4 is 4.74 Å². The van der Waals surface area contributed by atoms with Crippen LogP contribution in [-0.4, -0.2) is 60.5 Å². The predicted octanol–water partition coefficient (Wildman–Crippen LogP) is 3.87. The van der Waals surface area contributed by atoms with Crippen molar-refractivity contribution in [2.45, 2.75) is 38.5 Å². The lowest BCUT2D eigenvalue weighted by Gasteiger charge is -2.33. The van der Waals surface area contributed by atoms with Gasteiger partial charge in [0.05, 0.1) is 13.7 Å². The van der Waals surface area contributed by atoms with Crippen LogP contribution >= 0.6 is 0 Å².